The van der Waals surface area contributed by atoms with E-state index in [1.54, 1.807) is 19.1 Å². The largest absolute Gasteiger partial charge is 0.462 e. The molecule has 0 radical (unpaired) electrons. The lowest BCUT2D eigenvalue weighted by Crippen LogP contribution is -2.14. The van der Waals surface area contributed by atoms with Crippen molar-refractivity contribution in [2.24, 2.45) is 5.73 Å². The van der Waals surface area contributed by atoms with E-state index in [1.165, 1.54) is 6.20 Å². The number of hydrogen-bond donors (Lipinski definition) is 2. The molecule has 0 saturated carbocycles. The second-order valence-corrected chi connectivity index (χ2v) is 6.93. The van der Waals surface area contributed by atoms with E-state index in [9.17, 15) is 9.59 Å². The Balaban J connectivity index is 1.74. The number of hydrogen-bond acceptors (Lipinski definition) is 5. The van der Waals surface area contributed by atoms with E-state index in [0.29, 0.717) is 23.4 Å². The van der Waals surface area contributed by atoms with Gasteiger partial charge in [-0.25, -0.2) is 4.79 Å². The third kappa shape index (κ3) is 4.23. The van der Waals surface area contributed by atoms with Gasteiger partial charge in [0.25, 0.3) is 5.91 Å². The number of primary amides is 1. The third-order valence-corrected chi connectivity index (χ3v) is 4.91. The highest BCUT2D eigenvalue weighted by Gasteiger charge is 2.14. The van der Waals surface area contributed by atoms with Crippen molar-refractivity contribution in [1.29, 1.82) is 0 Å². The van der Waals surface area contributed by atoms with Crippen LogP contribution in [0.3, 0.4) is 0 Å². The molecular weight excluding hydrogens is 390 g/mol. The molecule has 0 saturated heterocycles. The summed E-state index contributed by atoms with van der Waals surface area (Å²) >= 11 is 0. The zero-order chi connectivity index (χ0) is 21.8. The van der Waals surface area contributed by atoms with Gasteiger partial charge in [-0.05, 0) is 48.4 Å². The van der Waals surface area contributed by atoms with Crippen molar-refractivity contribution in [3.8, 4) is 11.1 Å². The van der Waals surface area contributed by atoms with Crippen molar-refractivity contribution >= 4 is 34.2 Å². The molecule has 4 rings (SSSR count). The van der Waals surface area contributed by atoms with Crippen molar-refractivity contribution in [1.82, 2.24) is 4.98 Å². The number of fused-ring (bicyclic) bond motifs is 1. The highest BCUT2D eigenvalue weighted by molar-refractivity contribution is 6.08. The van der Waals surface area contributed by atoms with Crippen LogP contribution in [0.2, 0.25) is 0 Å². The van der Waals surface area contributed by atoms with Gasteiger partial charge in [0.05, 0.1) is 28.9 Å². The number of amides is 1. The summed E-state index contributed by atoms with van der Waals surface area (Å²) in [7, 11) is 0. The number of nitrogens with one attached hydrogen (secondary N) is 1. The van der Waals surface area contributed by atoms with Crippen LogP contribution in [-0.4, -0.2) is 23.5 Å². The summed E-state index contributed by atoms with van der Waals surface area (Å²) < 4.78 is 5.03. The fraction of sp³-hybridized carbons (Fsp3) is 0.0800. The topological polar surface area (TPSA) is 94.3 Å². The first-order valence-electron chi connectivity index (χ1n) is 9.89. The molecule has 1 aromatic heterocycles. The van der Waals surface area contributed by atoms with Crippen molar-refractivity contribution in [2.45, 2.75) is 6.92 Å². The highest BCUT2D eigenvalue weighted by atomic mass is 16.5. The van der Waals surface area contributed by atoms with Crippen molar-refractivity contribution in [3.05, 3.63) is 90.1 Å². The van der Waals surface area contributed by atoms with E-state index >= 15 is 0 Å². The molecule has 31 heavy (non-hydrogen) atoms. The maximum atomic E-state index is 12.0. The molecule has 0 bridgehead atoms. The number of nitrogens with two attached hydrogens (primary N) is 1. The quantitative estimate of drug-likeness (QED) is 0.439. The lowest BCUT2D eigenvalue weighted by molar-refractivity contribution is 0.0526. The van der Waals surface area contributed by atoms with Crippen LogP contribution in [-0.2, 0) is 4.74 Å². The van der Waals surface area contributed by atoms with Gasteiger partial charge in [0.2, 0.25) is 0 Å². The van der Waals surface area contributed by atoms with Gasteiger partial charge >= 0.3 is 5.97 Å². The Labute approximate surface area is 179 Å². The number of pyridine rings is 1. The van der Waals surface area contributed by atoms with Crippen molar-refractivity contribution in [2.75, 3.05) is 11.9 Å². The first-order valence-corrected chi connectivity index (χ1v) is 9.89. The second-order valence-electron chi connectivity index (χ2n) is 6.93. The first-order chi connectivity index (χ1) is 15.1. The fourth-order valence-corrected chi connectivity index (χ4v) is 3.37. The molecule has 0 fully saturated rings. The lowest BCUT2D eigenvalue weighted by Gasteiger charge is -2.14. The summed E-state index contributed by atoms with van der Waals surface area (Å²) in [5.74, 6) is -0.892. The average Bonchev–Trinajstić information content (AvgIpc) is 2.79. The van der Waals surface area contributed by atoms with Crippen LogP contribution in [0.4, 0.5) is 11.4 Å². The number of para-hydroxylation sites is 1. The van der Waals surface area contributed by atoms with Gasteiger partial charge in [-0.3, -0.25) is 9.78 Å². The molecule has 6 heteroatoms. The first kappa shape index (κ1) is 20.1. The van der Waals surface area contributed by atoms with Gasteiger partial charge < -0.3 is 15.8 Å². The molecule has 0 spiro atoms. The third-order valence-electron chi connectivity index (χ3n) is 4.91. The summed E-state index contributed by atoms with van der Waals surface area (Å²) in [4.78, 5) is 28.3. The van der Waals surface area contributed by atoms with Gasteiger partial charge in [-0.15, -0.1) is 0 Å². The van der Waals surface area contributed by atoms with Crippen LogP contribution in [0.5, 0.6) is 0 Å². The smallest absolute Gasteiger partial charge is 0.338 e. The molecular formula is C25H21N3O3. The minimum Gasteiger partial charge on any atom is -0.462 e. The summed E-state index contributed by atoms with van der Waals surface area (Å²) in [5.41, 5.74) is 10.5. The van der Waals surface area contributed by atoms with E-state index in [-0.39, 0.29) is 5.97 Å². The summed E-state index contributed by atoms with van der Waals surface area (Å²) in [6.07, 6.45) is 1.49. The molecule has 1 heterocycles. The van der Waals surface area contributed by atoms with Gasteiger partial charge in [0.15, 0.2) is 0 Å². The lowest BCUT2D eigenvalue weighted by atomic mass is 10.0. The molecule has 0 atom stereocenters. The summed E-state index contributed by atoms with van der Waals surface area (Å²) in [6, 6.07) is 22.6. The molecule has 154 valence electrons. The molecule has 3 N–H and O–H groups in total. The monoisotopic (exact) mass is 411 g/mol. The van der Waals surface area contributed by atoms with Crippen molar-refractivity contribution < 1.29 is 14.3 Å². The van der Waals surface area contributed by atoms with E-state index in [2.05, 4.69) is 10.3 Å². The molecule has 3 aromatic carbocycles. The molecule has 0 aliphatic carbocycles. The maximum absolute atomic E-state index is 12.0. The Morgan fingerprint density at radius 2 is 1.68 bits per heavy atom. The van der Waals surface area contributed by atoms with Gasteiger partial charge in [-0.1, -0.05) is 42.5 Å². The van der Waals surface area contributed by atoms with Crippen LogP contribution in [0.25, 0.3) is 22.0 Å². The Kier molecular flexibility index (Phi) is 5.62. The molecule has 4 aromatic rings. The summed E-state index contributed by atoms with van der Waals surface area (Å²) in [5, 5.41) is 4.08. The Morgan fingerprint density at radius 1 is 0.968 bits per heavy atom. The van der Waals surface area contributed by atoms with Gasteiger partial charge in [0, 0.05) is 17.3 Å². The Hall–Kier alpha value is -4.19. The predicted octanol–water partition coefficient (Wildman–Crippen LogP) is 4.92. The number of rotatable bonds is 6. The minimum atomic E-state index is -0.550. The van der Waals surface area contributed by atoms with Gasteiger partial charge in [-0.2, -0.15) is 0 Å². The van der Waals surface area contributed by atoms with E-state index < -0.39 is 5.91 Å². The molecule has 0 aliphatic rings. The SMILES string of the molecule is CCOC(=O)c1ccc(-c2ccc3c(Nc4ccccc4)c(C(N)=O)cnc3c2)cc1. The van der Waals surface area contributed by atoms with Crippen LogP contribution in [0.15, 0.2) is 79.0 Å². The Bertz CT molecular complexity index is 1250. The molecule has 0 aliphatic heterocycles. The minimum absolute atomic E-state index is 0.322. The van der Waals surface area contributed by atoms with E-state index in [1.807, 2.05) is 60.7 Å². The normalized spacial score (nSPS) is 10.6. The zero-order valence-electron chi connectivity index (χ0n) is 17.0. The Morgan fingerprint density at radius 3 is 2.35 bits per heavy atom. The molecule has 6 nitrogen and oxygen atoms in total. The molecule has 0 unspecified atom stereocenters. The number of anilines is 2. The van der Waals surface area contributed by atoms with Crippen LogP contribution >= 0.6 is 0 Å². The van der Waals surface area contributed by atoms with Crippen LogP contribution in [0.1, 0.15) is 27.6 Å². The number of carbonyl (C=O) groups is 2. The number of ether oxygens (including phenoxy) is 1. The van der Waals surface area contributed by atoms with Crippen LogP contribution < -0.4 is 11.1 Å². The zero-order valence-corrected chi connectivity index (χ0v) is 17.0. The predicted molar refractivity (Wildman–Crippen MR) is 121 cm³/mol. The standard InChI is InChI=1S/C25H21N3O3/c1-2-31-25(30)17-10-8-16(9-11-17)18-12-13-20-22(14-18)27-15-21(24(26)29)23(20)28-19-6-4-3-5-7-19/h3-15H,2H2,1H3,(H2,26,29)(H,27,28). The number of esters is 1. The maximum Gasteiger partial charge on any atom is 0.338 e. The van der Waals surface area contributed by atoms with Crippen molar-refractivity contribution in [3.63, 3.8) is 0 Å². The van der Waals surface area contributed by atoms with Gasteiger partial charge in [0.1, 0.15) is 0 Å². The fourth-order valence-electron chi connectivity index (χ4n) is 3.37. The highest BCUT2D eigenvalue weighted by Crippen LogP contribution is 2.32. The van der Waals surface area contributed by atoms with E-state index in [4.69, 9.17) is 10.5 Å². The number of carbonyl (C=O) groups excluding carboxylic acids is 2. The average molecular weight is 411 g/mol. The molecule has 1 amide bonds. The van der Waals surface area contributed by atoms with Crippen LogP contribution in [0, 0.1) is 0 Å². The second kappa shape index (κ2) is 8.67. The number of nitrogens with zero attached hydrogens (tertiary/aromatic N) is 1. The number of benzene rings is 3. The summed E-state index contributed by atoms with van der Waals surface area (Å²) in [6.45, 7) is 2.11. The van der Waals surface area contributed by atoms with E-state index in [0.717, 1.165) is 27.7 Å². The number of aromatic nitrogens is 1.